The Kier molecular flexibility index (Phi) is 11.1. The summed E-state index contributed by atoms with van der Waals surface area (Å²) < 4.78 is 19.7. The van der Waals surface area contributed by atoms with Crippen LogP contribution < -0.4 is 9.47 Å². The van der Waals surface area contributed by atoms with Crippen molar-refractivity contribution in [1.82, 2.24) is 0 Å². The zero-order chi connectivity index (χ0) is 17.9. The predicted molar refractivity (Wildman–Crippen MR) is 117 cm³/mol. The second kappa shape index (κ2) is 12.8. The highest BCUT2D eigenvalue weighted by Gasteiger charge is 2.27. The molecule has 0 saturated carbocycles. The standard InChI is InChI=1S/C19H30BrIO3S/c1-2-3-4-5-6-7-8-9-10-11-12-22-13-15-14-23-17-16(24-15)18(20)25-19(17)21/h15H,2-14H2,1H3. The van der Waals surface area contributed by atoms with Crippen LogP contribution >= 0.6 is 49.9 Å². The second-order valence-electron chi connectivity index (χ2n) is 6.62. The zero-order valence-corrected chi connectivity index (χ0v) is 19.7. The van der Waals surface area contributed by atoms with Crippen LogP contribution in [-0.4, -0.2) is 25.9 Å². The minimum Gasteiger partial charge on any atom is -0.484 e. The minimum atomic E-state index is -0.00248. The number of fused-ring (bicyclic) bond motifs is 1. The third-order valence-corrected chi connectivity index (χ3v) is 7.11. The van der Waals surface area contributed by atoms with Gasteiger partial charge in [0.2, 0.25) is 0 Å². The molecule has 0 saturated heterocycles. The van der Waals surface area contributed by atoms with Gasteiger partial charge in [-0.05, 0) is 44.9 Å². The molecule has 0 amide bonds. The van der Waals surface area contributed by atoms with Crippen LogP contribution in [0.4, 0.5) is 0 Å². The number of ether oxygens (including phenoxy) is 3. The molecule has 6 heteroatoms. The second-order valence-corrected chi connectivity index (χ2v) is 10.8. The number of hydrogen-bond donors (Lipinski definition) is 0. The van der Waals surface area contributed by atoms with Gasteiger partial charge in [0.1, 0.15) is 13.3 Å². The molecule has 1 aliphatic rings. The van der Waals surface area contributed by atoms with Crippen molar-refractivity contribution in [3.05, 3.63) is 6.67 Å². The minimum absolute atomic E-state index is 0.00248. The van der Waals surface area contributed by atoms with Crippen molar-refractivity contribution in [2.24, 2.45) is 0 Å². The number of hydrogen-bond acceptors (Lipinski definition) is 4. The highest BCUT2D eigenvalue weighted by Crippen LogP contribution is 2.48. The van der Waals surface area contributed by atoms with E-state index in [4.69, 9.17) is 14.2 Å². The Bertz CT molecular complexity index is 495. The van der Waals surface area contributed by atoms with Gasteiger partial charge in [0.15, 0.2) is 17.6 Å². The Morgan fingerprint density at radius 2 is 1.68 bits per heavy atom. The lowest BCUT2D eigenvalue weighted by molar-refractivity contribution is 0.00769. The van der Waals surface area contributed by atoms with Crippen molar-refractivity contribution in [2.45, 2.75) is 77.2 Å². The predicted octanol–water partition coefficient (Wildman–Crippen LogP) is 7.19. The largest absolute Gasteiger partial charge is 0.484 e. The van der Waals surface area contributed by atoms with E-state index in [-0.39, 0.29) is 6.10 Å². The van der Waals surface area contributed by atoms with Crippen molar-refractivity contribution in [3.8, 4) is 11.5 Å². The Hall–Kier alpha value is 0.470. The van der Waals surface area contributed by atoms with Crippen molar-refractivity contribution < 1.29 is 14.2 Å². The quantitative estimate of drug-likeness (QED) is 0.194. The first-order valence-corrected chi connectivity index (χ1v) is 12.3. The van der Waals surface area contributed by atoms with Gasteiger partial charge < -0.3 is 14.2 Å². The van der Waals surface area contributed by atoms with E-state index < -0.39 is 0 Å². The topological polar surface area (TPSA) is 27.7 Å². The maximum absolute atomic E-state index is 5.99. The molecule has 3 nitrogen and oxygen atoms in total. The summed E-state index contributed by atoms with van der Waals surface area (Å²) in [5.41, 5.74) is 0. The summed E-state index contributed by atoms with van der Waals surface area (Å²) in [5.74, 6) is 1.72. The molecule has 1 aromatic rings. The normalized spacial score (nSPS) is 16.4. The van der Waals surface area contributed by atoms with Crippen LogP contribution in [0.1, 0.15) is 71.1 Å². The number of thiophene rings is 1. The first-order chi connectivity index (χ1) is 12.2. The molecule has 0 aromatic carbocycles. The summed E-state index contributed by atoms with van der Waals surface area (Å²) >= 11 is 7.47. The average molecular weight is 545 g/mol. The maximum Gasteiger partial charge on any atom is 0.188 e. The van der Waals surface area contributed by atoms with Gasteiger partial charge in [-0.2, -0.15) is 0 Å². The SMILES string of the molecule is CCCCCCCCCCCCOCC1COc2c(I)sc(Br)c2O1. The Morgan fingerprint density at radius 3 is 2.36 bits per heavy atom. The fraction of sp³-hybridized carbons (Fsp3) is 0.789. The van der Waals surface area contributed by atoms with Gasteiger partial charge in [-0.15, -0.1) is 11.3 Å². The molecular formula is C19H30BrIO3S. The molecular weight excluding hydrogens is 515 g/mol. The van der Waals surface area contributed by atoms with Gasteiger partial charge in [0, 0.05) is 6.61 Å². The van der Waals surface area contributed by atoms with Gasteiger partial charge in [0.05, 0.1) is 6.61 Å². The molecule has 144 valence electrons. The smallest absolute Gasteiger partial charge is 0.188 e. The van der Waals surface area contributed by atoms with E-state index in [1.807, 2.05) is 0 Å². The summed E-state index contributed by atoms with van der Waals surface area (Å²) in [4.78, 5) is 0. The van der Waals surface area contributed by atoms with Crippen LogP contribution in [0.2, 0.25) is 0 Å². The van der Waals surface area contributed by atoms with E-state index in [9.17, 15) is 0 Å². The Balaban J connectivity index is 1.43. The molecule has 2 heterocycles. The lowest BCUT2D eigenvalue weighted by Gasteiger charge is -2.25. The molecule has 1 aromatic heterocycles. The Morgan fingerprint density at radius 1 is 1.04 bits per heavy atom. The molecule has 0 N–H and O–H groups in total. The molecule has 1 aliphatic heterocycles. The van der Waals surface area contributed by atoms with Crippen LogP contribution in [0.5, 0.6) is 11.5 Å². The van der Waals surface area contributed by atoms with E-state index >= 15 is 0 Å². The van der Waals surface area contributed by atoms with E-state index in [1.54, 1.807) is 11.3 Å². The van der Waals surface area contributed by atoms with Crippen LogP contribution in [0.3, 0.4) is 0 Å². The molecule has 0 spiro atoms. The van der Waals surface area contributed by atoms with E-state index in [0.717, 1.165) is 31.2 Å². The van der Waals surface area contributed by atoms with Crippen molar-refractivity contribution >= 4 is 49.9 Å². The maximum atomic E-state index is 5.99. The summed E-state index contributed by atoms with van der Waals surface area (Å²) in [6.45, 7) is 4.28. The molecule has 1 atom stereocenters. The third-order valence-electron chi connectivity index (χ3n) is 4.39. The van der Waals surface area contributed by atoms with Gasteiger partial charge in [0.25, 0.3) is 0 Å². The summed E-state index contributed by atoms with van der Waals surface area (Å²) in [6, 6.07) is 0. The fourth-order valence-corrected chi connectivity index (χ4v) is 6.30. The molecule has 0 bridgehead atoms. The summed E-state index contributed by atoms with van der Waals surface area (Å²) in [7, 11) is 0. The van der Waals surface area contributed by atoms with E-state index in [0.29, 0.717) is 13.2 Å². The highest BCUT2D eigenvalue weighted by atomic mass is 127. The summed E-state index contributed by atoms with van der Waals surface area (Å²) in [6.07, 6.45) is 13.5. The lowest BCUT2D eigenvalue weighted by atomic mass is 10.1. The summed E-state index contributed by atoms with van der Waals surface area (Å²) in [5, 5.41) is 0. The van der Waals surface area contributed by atoms with Crippen molar-refractivity contribution in [3.63, 3.8) is 0 Å². The first kappa shape index (κ1) is 21.8. The lowest BCUT2D eigenvalue weighted by Crippen LogP contribution is -2.33. The van der Waals surface area contributed by atoms with Gasteiger partial charge in [-0.25, -0.2) is 0 Å². The highest BCUT2D eigenvalue weighted by molar-refractivity contribution is 14.1. The fourth-order valence-electron chi connectivity index (χ4n) is 2.94. The molecule has 2 rings (SSSR count). The molecule has 0 fully saturated rings. The molecule has 1 unspecified atom stereocenters. The van der Waals surface area contributed by atoms with Crippen LogP contribution in [0, 0.1) is 2.88 Å². The van der Waals surface area contributed by atoms with E-state index in [1.165, 1.54) is 57.8 Å². The zero-order valence-electron chi connectivity index (χ0n) is 15.2. The number of unbranched alkanes of at least 4 members (excludes halogenated alkanes) is 9. The van der Waals surface area contributed by atoms with E-state index in [2.05, 4.69) is 45.4 Å². The van der Waals surface area contributed by atoms with Crippen LogP contribution in [-0.2, 0) is 4.74 Å². The number of rotatable bonds is 13. The van der Waals surface area contributed by atoms with Crippen LogP contribution in [0.25, 0.3) is 0 Å². The first-order valence-electron chi connectivity index (χ1n) is 9.57. The van der Waals surface area contributed by atoms with Gasteiger partial charge in [-0.1, -0.05) is 64.7 Å². The van der Waals surface area contributed by atoms with Crippen molar-refractivity contribution in [2.75, 3.05) is 19.8 Å². The van der Waals surface area contributed by atoms with Gasteiger partial charge >= 0.3 is 0 Å². The average Bonchev–Trinajstić information content (AvgIpc) is 2.90. The van der Waals surface area contributed by atoms with Gasteiger partial charge in [-0.3, -0.25) is 0 Å². The number of halogens is 2. The van der Waals surface area contributed by atoms with Crippen molar-refractivity contribution in [1.29, 1.82) is 0 Å². The Labute approximate surface area is 178 Å². The molecule has 0 radical (unpaired) electrons. The molecule has 25 heavy (non-hydrogen) atoms. The van der Waals surface area contributed by atoms with Crippen LogP contribution in [0.15, 0.2) is 3.79 Å². The third kappa shape index (κ3) is 7.93. The molecule has 0 aliphatic carbocycles. The monoisotopic (exact) mass is 544 g/mol.